The van der Waals surface area contributed by atoms with Gasteiger partial charge in [0.2, 0.25) is 10.0 Å². The topological polar surface area (TPSA) is 95.5 Å². The Balaban J connectivity index is 1.78. The predicted octanol–water partition coefficient (Wildman–Crippen LogP) is 2.44. The van der Waals surface area contributed by atoms with Crippen molar-refractivity contribution in [1.29, 1.82) is 0 Å². The lowest BCUT2D eigenvalue weighted by Gasteiger charge is -2.12. The summed E-state index contributed by atoms with van der Waals surface area (Å²) >= 11 is 1.75. The van der Waals surface area contributed by atoms with Gasteiger partial charge in [0.25, 0.3) is 0 Å². The molecule has 1 aromatic carbocycles. The fourth-order valence-corrected chi connectivity index (χ4v) is 4.99. The lowest BCUT2D eigenvalue weighted by atomic mass is 10.1. The fraction of sp³-hybridized carbons (Fsp3) is 0.500. The van der Waals surface area contributed by atoms with Gasteiger partial charge in [0.05, 0.1) is 10.8 Å². The Morgan fingerprint density at radius 1 is 1.17 bits per heavy atom. The molecule has 0 atom stereocenters. The van der Waals surface area contributed by atoms with Crippen LogP contribution in [0.1, 0.15) is 41.8 Å². The maximum atomic E-state index is 12.0. The summed E-state index contributed by atoms with van der Waals surface area (Å²) in [5, 5.41) is 7.69. The third-order valence-electron chi connectivity index (χ3n) is 4.06. The van der Waals surface area contributed by atoms with Crippen LogP contribution in [0.5, 0.6) is 0 Å². The maximum absolute atomic E-state index is 12.0. The van der Waals surface area contributed by atoms with Crippen molar-refractivity contribution in [3.63, 3.8) is 0 Å². The van der Waals surface area contributed by atoms with Gasteiger partial charge in [-0.25, -0.2) is 18.1 Å². The van der Waals surface area contributed by atoms with E-state index in [4.69, 9.17) is 0 Å². The Morgan fingerprint density at radius 3 is 2.45 bits per heavy atom. The average Bonchev–Trinajstić information content (AvgIpc) is 3.12. The van der Waals surface area contributed by atoms with Crippen molar-refractivity contribution in [2.45, 2.75) is 52.0 Å². The second kappa shape index (κ2) is 11.3. The van der Waals surface area contributed by atoms with Crippen molar-refractivity contribution in [3.05, 3.63) is 51.5 Å². The first-order valence-corrected chi connectivity index (χ1v) is 12.2. The minimum absolute atomic E-state index is 0.0153. The molecule has 2 rings (SSSR count). The number of aromatic nitrogens is 1. The van der Waals surface area contributed by atoms with Crippen LogP contribution in [0.2, 0.25) is 0 Å². The van der Waals surface area contributed by atoms with Crippen molar-refractivity contribution in [1.82, 2.24) is 20.3 Å². The molecule has 0 aliphatic rings. The van der Waals surface area contributed by atoms with Crippen LogP contribution in [0.15, 0.2) is 35.5 Å². The molecule has 1 heterocycles. The van der Waals surface area contributed by atoms with Crippen molar-refractivity contribution in [2.24, 2.45) is 4.99 Å². The highest BCUT2D eigenvalue weighted by molar-refractivity contribution is 7.88. The predicted molar refractivity (Wildman–Crippen MR) is 121 cm³/mol. The Hall–Kier alpha value is -1.97. The number of benzene rings is 1. The molecular weight excluding hydrogens is 406 g/mol. The smallest absolute Gasteiger partial charge is 0.216 e. The summed E-state index contributed by atoms with van der Waals surface area (Å²) in [5.74, 6) is 0.712. The van der Waals surface area contributed by atoms with Gasteiger partial charge >= 0.3 is 0 Å². The molecule has 160 valence electrons. The zero-order valence-electron chi connectivity index (χ0n) is 17.5. The summed E-state index contributed by atoms with van der Waals surface area (Å²) in [6, 6.07) is 7.46. The molecule has 0 fully saturated rings. The number of nitrogens with one attached hydrogen (secondary N) is 3. The maximum Gasteiger partial charge on any atom is 0.216 e. The first-order chi connectivity index (χ1) is 13.8. The van der Waals surface area contributed by atoms with E-state index in [-0.39, 0.29) is 11.8 Å². The molecule has 0 aliphatic carbocycles. The van der Waals surface area contributed by atoms with E-state index in [1.54, 1.807) is 18.4 Å². The van der Waals surface area contributed by atoms with Gasteiger partial charge in [0.1, 0.15) is 0 Å². The van der Waals surface area contributed by atoms with E-state index in [9.17, 15) is 8.42 Å². The summed E-state index contributed by atoms with van der Waals surface area (Å²) < 4.78 is 26.6. The number of hydrogen-bond acceptors (Lipinski definition) is 5. The molecule has 0 spiro atoms. The van der Waals surface area contributed by atoms with Gasteiger partial charge in [-0.05, 0) is 31.4 Å². The molecule has 9 heteroatoms. The summed E-state index contributed by atoms with van der Waals surface area (Å²) in [7, 11) is -1.57. The second-order valence-corrected chi connectivity index (χ2v) is 9.98. The molecule has 1 aromatic heterocycles. The van der Waals surface area contributed by atoms with Crippen molar-refractivity contribution < 1.29 is 8.42 Å². The van der Waals surface area contributed by atoms with Gasteiger partial charge in [0.15, 0.2) is 5.96 Å². The summed E-state index contributed by atoms with van der Waals surface area (Å²) in [5.41, 5.74) is 1.82. The number of sulfonamides is 1. The molecule has 0 bridgehead atoms. The molecule has 0 unspecified atom stereocenters. The monoisotopic (exact) mass is 437 g/mol. The minimum Gasteiger partial charge on any atom is -0.356 e. The molecule has 2 aromatic rings. The Morgan fingerprint density at radius 2 is 1.86 bits per heavy atom. The number of rotatable bonds is 10. The number of thiazole rings is 1. The third-order valence-corrected chi connectivity index (χ3v) is 6.81. The zero-order valence-corrected chi connectivity index (χ0v) is 19.2. The molecule has 0 radical (unpaired) electrons. The second-order valence-electron chi connectivity index (χ2n) is 7.02. The normalized spacial score (nSPS) is 12.4. The molecule has 29 heavy (non-hydrogen) atoms. The van der Waals surface area contributed by atoms with Crippen LogP contribution in [0.25, 0.3) is 0 Å². The molecule has 3 N–H and O–H groups in total. The Labute approximate surface area is 178 Å². The summed E-state index contributed by atoms with van der Waals surface area (Å²) in [6.45, 7) is 7.12. The van der Waals surface area contributed by atoms with E-state index in [2.05, 4.69) is 32.3 Å². The number of aryl methyl sites for hydroxylation is 1. The van der Waals surface area contributed by atoms with Gasteiger partial charge in [-0.3, -0.25) is 4.99 Å². The molecule has 0 aliphatic heterocycles. The van der Waals surface area contributed by atoms with Crippen LogP contribution in [0.3, 0.4) is 0 Å². The van der Waals surface area contributed by atoms with E-state index in [0.717, 1.165) is 41.5 Å². The van der Waals surface area contributed by atoms with E-state index < -0.39 is 10.0 Å². The lowest BCUT2D eigenvalue weighted by molar-refractivity contribution is 0.569. The van der Waals surface area contributed by atoms with Gasteiger partial charge in [0, 0.05) is 43.7 Å². The van der Waals surface area contributed by atoms with Crippen LogP contribution < -0.4 is 15.4 Å². The highest BCUT2D eigenvalue weighted by Gasteiger charge is 2.12. The van der Waals surface area contributed by atoms with Crippen LogP contribution in [0, 0.1) is 0 Å². The van der Waals surface area contributed by atoms with Crippen molar-refractivity contribution >= 4 is 27.3 Å². The quantitative estimate of drug-likeness (QED) is 0.392. The number of guanidine groups is 1. The number of nitrogens with zero attached hydrogens (tertiary/aromatic N) is 2. The highest BCUT2D eigenvalue weighted by atomic mass is 32.2. The third kappa shape index (κ3) is 8.51. The van der Waals surface area contributed by atoms with Gasteiger partial charge < -0.3 is 10.6 Å². The van der Waals surface area contributed by atoms with Gasteiger partial charge in [-0.15, -0.1) is 11.3 Å². The zero-order chi connectivity index (χ0) is 21.3. The average molecular weight is 438 g/mol. The van der Waals surface area contributed by atoms with Crippen molar-refractivity contribution in [3.8, 4) is 0 Å². The van der Waals surface area contributed by atoms with E-state index in [0.29, 0.717) is 6.54 Å². The first-order valence-electron chi connectivity index (χ1n) is 9.77. The lowest BCUT2D eigenvalue weighted by Crippen LogP contribution is -2.37. The molecule has 7 nitrogen and oxygen atoms in total. The largest absolute Gasteiger partial charge is 0.356 e. The summed E-state index contributed by atoms with van der Waals surface area (Å²) in [4.78, 5) is 9.97. The van der Waals surface area contributed by atoms with Crippen LogP contribution in [-0.4, -0.2) is 39.0 Å². The van der Waals surface area contributed by atoms with Crippen LogP contribution in [0.4, 0.5) is 0 Å². The molecule has 0 amide bonds. The standard InChI is InChI=1S/C20H31N5O2S2/c1-5-18-13-23-19(28-18)10-11-22-20(21-4)24-12-16-6-8-17(9-7-16)14-29(26,27)25-15(2)3/h6-9,13,15,25H,5,10-12,14H2,1-4H3,(H2,21,22,24). The van der Waals surface area contributed by atoms with Crippen LogP contribution in [-0.2, 0) is 35.2 Å². The summed E-state index contributed by atoms with van der Waals surface area (Å²) in [6.07, 6.45) is 3.83. The fourth-order valence-electron chi connectivity index (χ4n) is 2.69. The number of aliphatic imine (C=N–C) groups is 1. The van der Waals surface area contributed by atoms with Gasteiger partial charge in [-0.1, -0.05) is 31.2 Å². The molecular formula is C20H31N5O2S2. The van der Waals surface area contributed by atoms with Crippen LogP contribution >= 0.6 is 11.3 Å². The Bertz CT molecular complexity index is 890. The van der Waals surface area contributed by atoms with Gasteiger partial charge in [-0.2, -0.15) is 0 Å². The highest BCUT2D eigenvalue weighted by Crippen LogP contribution is 2.13. The molecule has 0 saturated heterocycles. The Kier molecular flexibility index (Phi) is 9.06. The van der Waals surface area contributed by atoms with E-state index in [1.165, 1.54) is 4.88 Å². The molecule has 0 saturated carbocycles. The van der Waals surface area contributed by atoms with Crippen molar-refractivity contribution in [2.75, 3.05) is 13.6 Å². The SMILES string of the molecule is CCc1cnc(CCNC(=NC)NCc2ccc(CS(=O)(=O)NC(C)C)cc2)s1. The van der Waals surface area contributed by atoms with E-state index >= 15 is 0 Å². The van der Waals surface area contributed by atoms with E-state index in [1.807, 2.05) is 44.3 Å². The minimum atomic E-state index is -3.31. The first kappa shape index (κ1) is 23.3. The number of hydrogen-bond donors (Lipinski definition) is 3.